The standard InChI is InChI=1S/C13H20ClN/c1-9-6-12(8-15-11(9)3)13(4,5)7-10(2)14/h6,8,10H,7H2,1-5H3. The molecule has 0 saturated carbocycles. The summed E-state index contributed by atoms with van der Waals surface area (Å²) in [5.41, 5.74) is 3.74. The van der Waals surface area contributed by atoms with E-state index in [4.69, 9.17) is 11.6 Å². The zero-order chi connectivity index (χ0) is 11.6. The molecule has 0 bridgehead atoms. The first-order valence-electron chi connectivity index (χ1n) is 5.41. The summed E-state index contributed by atoms with van der Waals surface area (Å²) in [7, 11) is 0. The molecule has 0 aliphatic heterocycles. The van der Waals surface area contributed by atoms with Gasteiger partial charge in [-0.15, -0.1) is 11.6 Å². The van der Waals surface area contributed by atoms with Gasteiger partial charge in [0.15, 0.2) is 0 Å². The van der Waals surface area contributed by atoms with E-state index in [1.165, 1.54) is 11.1 Å². The molecule has 15 heavy (non-hydrogen) atoms. The van der Waals surface area contributed by atoms with Crippen LogP contribution in [-0.2, 0) is 5.41 Å². The van der Waals surface area contributed by atoms with Crippen molar-refractivity contribution in [1.29, 1.82) is 0 Å². The number of pyridine rings is 1. The van der Waals surface area contributed by atoms with Crippen LogP contribution in [0.25, 0.3) is 0 Å². The maximum Gasteiger partial charge on any atom is 0.0401 e. The van der Waals surface area contributed by atoms with Gasteiger partial charge in [-0.1, -0.05) is 19.9 Å². The molecule has 1 aromatic rings. The van der Waals surface area contributed by atoms with Crippen LogP contribution in [0.15, 0.2) is 12.3 Å². The Hall–Kier alpha value is -0.560. The van der Waals surface area contributed by atoms with E-state index >= 15 is 0 Å². The number of alkyl halides is 1. The second-order valence-corrected chi connectivity index (χ2v) is 5.74. The molecule has 84 valence electrons. The average Bonchev–Trinajstić information content (AvgIpc) is 2.07. The highest BCUT2D eigenvalue weighted by atomic mass is 35.5. The summed E-state index contributed by atoms with van der Waals surface area (Å²) < 4.78 is 0. The molecule has 0 aliphatic rings. The van der Waals surface area contributed by atoms with Crippen LogP contribution in [-0.4, -0.2) is 10.4 Å². The Morgan fingerprint density at radius 2 is 2.00 bits per heavy atom. The highest BCUT2D eigenvalue weighted by Crippen LogP contribution is 2.30. The van der Waals surface area contributed by atoms with Gasteiger partial charge in [0, 0.05) is 17.3 Å². The molecule has 2 heteroatoms. The number of aromatic nitrogens is 1. The summed E-state index contributed by atoms with van der Waals surface area (Å²) in [6.07, 6.45) is 2.94. The number of hydrogen-bond acceptors (Lipinski definition) is 1. The van der Waals surface area contributed by atoms with Crippen molar-refractivity contribution in [1.82, 2.24) is 4.98 Å². The number of halogens is 1. The SMILES string of the molecule is Cc1cc(C(C)(C)CC(C)Cl)cnc1C. The zero-order valence-electron chi connectivity index (χ0n) is 10.3. The summed E-state index contributed by atoms with van der Waals surface area (Å²) in [4.78, 5) is 4.41. The molecule has 1 heterocycles. The van der Waals surface area contributed by atoms with Crippen LogP contribution >= 0.6 is 11.6 Å². The molecule has 1 nitrogen and oxygen atoms in total. The van der Waals surface area contributed by atoms with Crippen molar-refractivity contribution < 1.29 is 0 Å². The van der Waals surface area contributed by atoms with Gasteiger partial charge >= 0.3 is 0 Å². The highest BCUT2D eigenvalue weighted by Gasteiger charge is 2.23. The first-order valence-corrected chi connectivity index (χ1v) is 5.84. The van der Waals surface area contributed by atoms with E-state index in [1.807, 2.05) is 20.0 Å². The van der Waals surface area contributed by atoms with E-state index in [2.05, 4.69) is 31.8 Å². The van der Waals surface area contributed by atoms with Gasteiger partial charge in [0.05, 0.1) is 0 Å². The third kappa shape index (κ3) is 3.20. The second-order valence-electron chi connectivity index (χ2n) is 5.00. The van der Waals surface area contributed by atoms with Crippen LogP contribution in [0.1, 0.15) is 44.0 Å². The summed E-state index contributed by atoms with van der Waals surface area (Å²) in [5.74, 6) is 0. The molecule has 0 N–H and O–H groups in total. The lowest BCUT2D eigenvalue weighted by molar-refractivity contribution is 0.475. The maximum absolute atomic E-state index is 6.06. The van der Waals surface area contributed by atoms with Gasteiger partial charge in [-0.2, -0.15) is 0 Å². The summed E-state index contributed by atoms with van der Waals surface area (Å²) in [6, 6.07) is 2.22. The molecule has 0 fully saturated rings. The van der Waals surface area contributed by atoms with Crippen LogP contribution in [0.3, 0.4) is 0 Å². The van der Waals surface area contributed by atoms with E-state index in [0.717, 1.165) is 12.1 Å². The van der Waals surface area contributed by atoms with Gasteiger partial charge in [0.2, 0.25) is 0 Å². The van der Waals surface area contributed by atoms with Crippen LogP contribution in [0.2, 0.25) is 0 Å². The average molecular weight is 226 g/mol. The number of aryl methyl sites for hydroxylation is 2. The Morgan fingerprint density at radius 3 is 2.47 bits per heavy atom. The zero-order valence-corrected chi connectivity index (χ0v) is 11.0. The van der Waals surface area contributed by atoms with Gasteiger partial charge in [-0.05, 0) is 43.7 Å². The Balaban J connectivity index is 2.99. The first-order chi connectivity index (χ1) is 6.83. The summed E-state index contributed by atoms with van der Waals surface area (Å²) in [5, 5.41) is 0.196. The third-order valence-corrected chi connectivity index (χ3v) is 3.07. The normalized spacial score (nSPS) is 14.0. The molecule has 0 radical (unpaired) electrons. The Morgan fingerprint density at radius 1 is 1.40 bits per heavy atom. The molecule has 0 saturated heterocycles. The number of nitrogens with zero attached hydrogens (tertiary/aromatic N) is 1. The molecule has 0 amide bonds. The van der Waals surface area contributed by atoms with Gasteiger partial charge < -0.3 is 0 Å². The first kappa shape index (κ1) is 12.5. The molecule has 0 spiro atoms. The molecule has 0 aromatic carbocycles. The maximum atomic E-state index is 6.06. The fraction of sp³-hybridized carbons (Fsp3) is 0.615. The molecular weight excluding hydrogens is 206 g/mol. The Kier molecular flexibility index (Phi) is 3.77. The lowest BCUT2D eigenvalue weighted by Gasteiger charge is -2.26. The smallest absolute Gasteiger partial charge is 0.0401 e. The van der Waals surface area contributed by atoms with E-state index in [-0.39, 0.29) is 10.8 Å². The minimum absolute atomic E-state index is 0.104. The second kappa shape index (κ2) is 4.52. The van der Waals surface area contributed by atoms with Gasteiger partial charge in [-0.3, -0.25) is 4.98 Å². The lowest BCUT2D eigenvalue weighted by atomic mass is 9.81. The van der Waals surface area contributed by atoms with Crippen LogP contribution in [0, 0.1) is 13.8 Å². The highest BCUT2D eigenvalue weighted by molar-refractivity contribution is 6.20. The van der Waals surface area contributed by atoms with E-state index in [0.29, 0.717) is 0 Å². The van der Waals surface area contributed by atoms with Crippen molar-refractivity contribution >= 4 is 11.6 Å². The minimum Gasteiger partial charge on any atom is -0.261 e. The molecule has 0 aliphatic carbocycles. The van der Waals surface area contributed by atoms with Crippen LogP contribution in [0.5, 0.6) is 0 Å². The molecular formula is C13H20ClN. The third-order valence-electron chi connectivity index (χ3n) is 2.91. The summed E-state index contributed by atoms with van der Waals surface area (Å²) in [6.45, 7) is 10.6. The topological polar surface area (TPSA) is 12.9 Å². The van der Waals surface area contributed by atoms with E-state index in [1.54, 1.807) is 0 Å². The van der Waals surface area contributed by atoms with Crippen molar-refractivity contribution in [2.75, 3.05) is 0 Å². The van der Waals surface area contributed by atoms with Gasteiger partial charge in [-0.25, -0.2) is 0 Å². The van der Waals surface area contributed by atoms with Crippen molar-refractivity contribution in [3.8, 4) is 0 Å². The largest absolute Gasteiger partial charge is 0.261 e. The molecule has 1 unspecified atom stereocenters. The van der Waals surface area contributed by atoms with Crippen molar-refractivity contribution in [3.63, 3.8) is 0 Å². The molecule has 1 rings (SSSR count). The fourth-order valence-electron chi connectivity index (χ4n) is 1.83. The Labute approximate surface area is 97.9 Å². The van der Waals surface area contributed by atoms with Crippen molar-refractivity contribution in [3.05, 3.63) is 29.1 Å². The molecule has 1 aromatic heterocycles. The Bertz CT molecular complexity index is 342. The van der Waals surface area contributed by atoms with Gasteiger partial charge in [0.25, 0.3) is 0 Å². The van der Waals surface area contributed by atoms with E-state index in [9.17, 15) is 0 Å². The molecule has 1 atom stereocenters. The van der Waals surface area contributed by atoms with E-state index < -0.39 is 0 Å². The number of hydrogen-bond donors (Lipinski definition) is 0. The van der Waals surface area contributed by atoms with Crippen molar-refractivity contribution in [2.45, 2.75) is 51.8 Å². The lowest BCUT2D eigenvalue weighted by Crippen LogP contribution is -2.21. The van der Waals surface area contributed by atoms with Crippen molar-refractivity contribution in [2.24, 2.45) is 0 Å². The fourth-order valence-corrected chi connectivity index (χ4v) is 2.22. The van der Waals surface area contributed by atoms with Crippen LogP contribution in [0.4, 0.5) is 0 Å². The van der Waals surface area contributed by atoms with Gasteiger partial charge in [0.1, 0.15) is 0 Å². The predicted molar refractivity (Wildman–Crippen MR) is 66.7 cm³/mol. The number of rotatable bonds is 3. The quantitative estimate of drug-likeness (QED) is 0.709. The predicted octanol–water partition coefficient (Wildman–Crippen LogP) is 3.99. The monoisotopic (exact) mass is 225 g/mol. The summed E-state index contributed by atoms with van der Waals surface area (Å²) >= 11 is 6.06. The van der Waals surface area contributed by atoms with Crippen LogP contribution < -0.4 is 0 Å². The minimum atomic E-state index is 0.104.